The normalized spacial score (nSPS) is 22.2. The number of benzene rings is 2. The molecule has 0 saturated carbocycles. The maximum absolute atomic E-state index is 13.1. The van der Waals surface area contributed by atoms with Gasteiger partial charge in [0.2, 0.25) is 17.8 Å². The van der Waals surface area contributed by atoms with Crippen molar-refractivity contribution in [3.63, 3.8) is 0 Å². The lowest BCUT2D eigenvalue weighted by Gasteiger charge is -2.37. The molecular formula is C30H46N12O3S. The summed E-state index contributed by atoms with van der Waals surface area (Å²) in [5.41, 5.74) is 26.3. The summed E-state index contributed by atoms with van der Waals surface area (Å²) in [5.74, 6) is 1.31. The van der Waals surface area contributed by atoms with Crippen LogP contribution < -0.4 is 48.1 Å². The number of aromatic hydroxyl groups is 1. The number of aromatic nitrogens is 3. The summed E-state index contributed by atoms with van der Waals surface area (Å²) >= 11 is 0. The number of anilines is 6. The third-order valence-electron chi connectivity index (χ3n) is 7.92. The average molecular weight is 655 g/mol. The summed E-state index contributed by atoms with van der Waals surface area (Å²) in [6.45, 7) is 7.21. The zero-order valence-corrected chi connectivity index (χ0v) is 27.1. The molecule has 2 saturated heterocycles. The van der Waals surface area contributed by atoms with Crippen molar-refractivity contribution in [2.24, 2.45) is 28.9 Å². The summed E-state index contributed by atoms with van der Waals surface area (Å²) in [7, 11) is -3.96. The first kappa shape index (κ1) is 33.4. The minimum Gasteiger partial charge on any atom is -0.506 e. The van der Waals surface area contributed by atoms with Crippen molar-refractivity contribution in [1.29, 1.82) is 0 Å². The summed E-state index contributed by atoms with van der Waals surface area (Å²) < 4.78 is 28.6. The number of nitrogens with one attached hydrogen (secondary N) is 3. The highest BCUT2D eigenvalue weighted by molar-refractivity contribution is 7.92. The van der Waals surface area contributed by atoms with Crippen molar-refractivity contribution in [2.45, 2.75) is 62.2 Å². The number of piperidine rings is 2. The van der Waals surface area contributed by atoms with E-state index < -0.39 is 10.0 Å². The quantitative estimate of drug-likeness (QED) is 0.136. The molecule has 1 aromatic heterocycles. The molecule has 0 radical (unpaired) electrons. The van der Waals surface area contributed by atoms with Gasteiger partial charge in [-0.25, -0.2) is 8.42 Å². The van der Waals surface area contributed by atoms with E-state index in [0.29, 0.717) is 62.5 Å². The van der Waals surface area contributed by atoms with E-state index in [9.17, 15) is 13.5 Å². The molecule has 2 fully saturated rings. The van der Waals surface area contributed by atoms with Gasteiger partial charge in [-0.3, -0.25) is 4.72 Å². The predicted octanol–water partition coefficient (Wildman–Crippen LogP) is 1.31. The van der Waals surface area contributed by atoms with Crippen LogP contribution in [-0.4, -0.2) is 85.4 Å². The maximum Gasteiger partial charge on any atom is 0.262 e. The molecule has 3 heterocycles. The highest BCUT2D eigenvalue weighted by Gasteiger charge is 2.29. The summed E-state index contributed by atoms with van der Waals surface area (Å²) in [6, 6.07) is 10.4. The van der Waals surface area contributed by atoms with Gasteiger partial charge in [0.25, 0.3) is 10.0 Å². The van der Waals surface area contributed by atoms with E-state index in [0.717, 1.165) is 18.7 Å². The van der Waals surface area contributed by atoms with Gasteiger partial charge in [-0.05, 0) is 61.6 Å². The Morgan fingerprint density at radius 1 is 0.826 bits per heavy atom. The predicted molar refractivity (Wildman–Crippen MR) is 182 cm³/mol. The van der Waals surface area contributed by atoms with Gasteiger partial charge >= 0.3 is 0 Å². The molecule has 2 aromatic carbocycles. The van der Waals surface area contributed by atoms with Crippen molar-refractivity contribution in [3.05, 3.63) is 42.5 Å². The summed E-state index contributed by atoms with van der Waals surface area (Å²) in [4.78, 5) is 17.9. The second-order valence-electron chi connectivity index (χ2n) is 12.7. The van der Waals surface area contributed by atoms with Crippen LogP contribution in [0.3, 0.4) is 0 Å². The van der Waals surface area contributed by atoms with Crippen LogP contribution >= 0.6 is 0 Å². The molecule has 2 aliphatic heterocycles. The molecule has 16 heteroatoms. The number of sulfonamides is 1. The van der Waals surface area contributed by atoms with E-state index in [2.05, 4.69) is 39.2 Å². The van der Waals surface area contributed by atoms with Crippen molar-refractivity contribution in [1.82, 2.24) is 15.0 Å². The Morgan fingerprint density at radius 2 is 1.35 bits per heavy atom. The van der Waals surface area contributed by atoms with Crippen LogP contribution in [-0.2, 0) is 10.0 Å². The Morgan fingerprint density at radius 3 is 1.85 bits per heavy atom. The lowest BCUT2D eigenvalue weighted by Crippen LogP contribution is -2.54. The van der Waals surface area contributed by atoms with E-state index in [-0.39, 0.29) is 46.4 Å². The SMILES string of the molecule is CC(C)CCNc1ccc(S(=O)(=O)Nc2ccc(Nc3nc(N4C[C@H](N)C[C@H](N)C4)nc(N4C[C@H](N)C[C@H](N)C4)n3)cc2O)cc1. The standard InChI is InChI=1S/C30H46N12O3S/c1-18(2)9-10-35-23-3-6-25(7-4-23)46(44,45)40-26-8-5-24(13-27(26)43)36-28-37-29(41-14-19(31)11-20(32)15-41)39-30(38-28)42-16-21(33)12-22(34)17-42/h3-8,13,18-22,35,40,43H,9-12,14-17,31-34H2,1-2H3,(H,36,37,38,39)/t19-,20+,21-,22+. The van der Waals surface area contributed by atoms with Crippen LogP contribution in [0.2, 0.25) is 0 Å². The van der Waals surface area contributed by atoms with Gasteiger partial charge in [-0.15, -0.1) is 0 Å². The number of hydrogen-bond acceptors (Lipinski definition) is 14. The molecule has 46 heavy (non-hydrogen) atoms. The van der Waals surface area contributed by atoms with Crippen LogP contribution in [0.15, 0.2) is 47.4 Å². The zero-order chi connectivity index (χ0) is 33.0. The molecule has 0 bridgehead atoms. The number of rotatable bonds is 11. The largest absolute Gasteiger partial charge is 0.506 e. The smallest absolute Gasteiger partial charge is 0.262 e. The Labute approximate surface area is 270 Å². The number of nitrogens with two attached hydrogens (primary N) is 4. The second-order valence-corrected chi connectivity index (χ2v) is 14.4. The van der Waals surface area contributed by atoms with Crippen molar-refractivity contribution in [3.8, 4) is 5.75 Å². The molecule has 0 spiro atoms. The fraction of sp³-hybridized carbons (Fsp3) is 0.500. The maximum atomic E-state index is 13.1. The number of phenols is 1. The van der Waals surface area contributed by atoms with Crippen LogP contribution in [0.25, 0.3) is 0 Å². The van der Waals surface area contributed by atoms with Gasteiger partial charge in [0, 0.05) is 74.3 Å². The van der Waals surface area contributed by atoms with Crippen molar-refractivity contribution < 1.29 is 13.5 Å². The van der Waals surface area contributed by atoms with Crippen molar-refractivity contribution >= 4 is 44.9 Å². The molecule has 15 nitrogen and oxygen atoms in total. The van der Waals surface area contributed by atoms with Crippen LogP contribution in [0, 0.1) is 5.92 Å². The third-order valence-corrected chi connectivity index (χ3v) is 9.30. The van der Waals surface area contributed by atoms with Crippen LogP contribution in [0.5, 0.6) is 5.75 Å². The van der Waals surface area contributed by atoms with Crippen LogP contribution in [0.1, 0.15) is 33.1 Å². The summed E-state index contributed by atoms with van der Waals surface area (Å²) in [6.07, 6.45) is 2.41. The van der Waals surface area contributed by atoms with Crippen molar-refractivity contribution in [2.75, 3.05) is 57.9 Å². The molecule has 3 aromatic rings. The Bertz CT molecular complexity index is 1530. The average Bonchev–Trinajstić information content (AvgIpc) is 2.97. The zero-order valence-electron chi connectivity index (χ0n) is 26.3. The minimum atomic E-state index is -3.96. The van der Waals surface area contributed by atoms with Gasteiger partial charge < -0.3 is 48.5 Å². The Hall–Kier alpha value is -3.96. The van der Waals surface area contributed by atoms with E-state index in [4.69, 9.17) is 27.9 Å². The van der Waals surface area contributed by atoms with E-state index in [1.165, 1.54) is 24.3 Å². The lowest BCUT2D eigenvalue weighted by atomic mass is 10.0. The van der Waals surface area contributed by atoms with E-state index in [1.807, 2.05) is 9.80 Å². The highest BCUT2D eigenvalue weighted by Crippen LogP contribution is 2.31. The van der Waals surface area contributed by atoms with Gasteiger partial charge in [0.1, 0.15) is 5.75 Å². The summed E-state index contributed by atoms with van der Waals surface area (Å²) in [5, 5.41) is 17.2. The molecule has 12 N–H and O–H groups in total. The van der Waals surface area contributed by atoms with Crippen LogP contribution in [0.4, 0.5) is 34.9 Å². The first-order chi connectivity index (χ1) is 21.8. The highest BCUT2D eigenvalue weighted by atomic mass is 32.2. The lowest BCUT2D eigenvalue weighted by molar-refractivity contribution is 0.441. The topological polar surface area (TPSA) is 240 Å². The number of nitrogens with zero attached hydrogens (tertiary/aromatic N) is 5. The molecule has 0 amide bonds. The van der Waals surface area contributed by atoms with E-state index in [1.54, 1.807) is 18.2 Å². The minimum absolute atomic E-state index is 0.0225. The molecule has 0 aliphatic carbocycles. The molecule has 250 valence electrons. The molecule has 0 unspecified atom stereocenters. The Balaban J connectivity index is 1.33. The number of hydrogen-bond donors (Lipinski definition) is 8. The second kappa shape index (κ2) is 14.2. The molecule has 4 atom stereocenters. The Kier molecular flexibility index (Phi) is 10.3. The molecule has 5 rings (SSSR count). The fourth-order valence-corrected chi connectivity index (χ4v) is 6.74. The number of phenolic OH excluding ortho intramolecular Hbond substituents is 1. The fourth-order valence-electron chi connectivity index (χ4n) is 5.66. The first-order valence-electron chi connectivity index (χ1n) is 15.6. The molecular weight excluding hydrogens is 608 g/mol. The monoisotopic (exact) mass is 654 g/mol. The van der Waals surface area contributed by atoms with Gasteiger partial charge in [-0.2, -0.15) is 15.0 Å². The molecule has 2 aliphatic rings. The first-order valence-corrected chi connectivity index (χ1v) is 17.1. The van der Waals surface area contributed by atoms with Gasteiger partial charge in [0.05, 0.1) is 10.6 Å². The van der Waals surface area contributed by atoms with Gasteiger partial charge in [-0.1, -0.05) is 13.8 Å². The van der Waals surface area contributed by atoms with E-state index >= 15 is 0 Å². The third kappa shape index (κ3) is 8.64. The van der Waals surface area contributed by atoms with Gasteiger partial charge in [0.15, 0.2) is 0 Å².